The van der Waals surface area contributed by atoms with Crippen LogP contribution >= 0.6 is 23.2 Å². The molecule has 1 aromatic carbocycles. The molecule has 1 saturated heterocycles. The molecule has 0 radical (unpaired) electrons. The number of hydrogen-bond donors (Lipinski definition) is 1. The number of morpholine rings is 1. The predicted molar refractivity (Wildman–Crippen MR) is 81.3 cm³/mol. The summed E-state index contributed by atoms with van der Waals surface area (Å²) in [6.07, 6.45) is -0.568. The van der Waals surface area contributed by atoms with Crippen LogP contribution in [-0.2, 0) is 14.8 Å². The summed E-state index contributed by atoms with van der Waals surface area (Å²) in [6.45, 7) is 3.55. The van der Waals surface area contributed by atoms with Crippen LogP contribution in [0.4, 0.5) is 0 Å². The molecule has 0 aliphatic carbocycles. The number of sulfonamides is 1. The first kappa shape index (κ1) is 17.0. The Balaban J connectivity index is 2.41. The van der Waals surface area contributed by atoms with Gasteiger partial charge in [0, 0.05) is 18.1 Å². The van der Waals surface area contributed by atoms with E-state index >= 15 is 0 Å². The molecule has 1 N–H and O–H groups in total. The van der Waals surface area contributed by atoms with Gasteiger partial charge >= 0.3 is 0 Å². The fourth-order valence-corrected chi connectivity index (χ4v) is 4.69. The summed E-state index contributed by atoms with van der Waals surface area (Å²) in [6, 6.07) is 4.31. The molecule has 0 saturated carbocycles. The fourth-order valence-electron chi connectivity index (χ4n) is 2.33. The van der Waals surface area contributed by atoms with Crippen LogP contribution in [0.3, 0.4) is 0 Å². The van der Waals surface area contributed by atoms with E-state index in [1.807, 2.05) is 0 Å². The summed E-state index contributed by atoms with van der Waals surface area (Å²) in [4.78, 5) is -0.0361. The standard InChI is InChI=1S/C13H17Cl2NO4S/c1-13(2)8-16(6-10(7-17)20-13)21(18,19)12-5-9(14)3-4-11(12)15/h3-5,10,17H,6-8H2,1-2H3. The number of rotatable bonds is 3. The Hall–Kier alpha value is -0.370. The monoisotopic (exact) mass is 353 g/mol. The Kier molecular flexibility index (Phi) is 4.87. The molecule has 1 unspecified atom stereocenters. The molecule has 1 heterocycles. The molecule has 0 amide bonds. The van der Waals surface area contributed by atoms with Crippen LogP contribution in [-0.4, -0.2) is 49.2 Å². The summed E-state index contributed by atoms with van der Waals surface area (Å²) in [5.41, 5.74) is -0.691. The van der Waals surface area contributed by atoms with Gasteiger partial charge in [0.25, 0.3) is 0 Å². The molecule has 1 aromatic rings. The molecule has 0 aromatic heterocycles. The average Bonchev–Trinajstić information content (AvgIpc) is 2.39. The second kappa shape index (κ2) is 6.02. The molecule has 1 aliphatic rings. The highest BCUT2D eigenvalue weighted by atomic mass is 35.5. The van der Waals surface area contributed by atoms with E-state index in [2.05, 4.69) is 0 Å². The molecular formula is C13H17Cl2NO4S. The van der Waals surface area contributed by atoms with Crippen molar-refractivity contribution in [2.45, 2.75) is 30.4 Å². The van der Waals surface area contributed by atoms with Crippen LogP contribution in [0.5, 0.6) is 0 Å². The number of aliphatic hydroxyl groups excluding tert-OH is 1. The minimum absolute atomic E-state index is 0.0361. The van der Waals surface area contributed by atoms with Gasteiger partial charge in [-0.25, -0.2) is 8.42 Å². The molecular weight excluding hydrogens is 337 g/mol. The van der Waals surface area contributed by atoms with Gasteiger partial charge in [-0.1, -0.05) is 23.2 Å². The van der Waals surface area contributed by atoms with E-state index in [-0.39, 0.29) is 29.6 Å². The zero-order valence-corrected chi connectivity index (χ0v) is 14.0. The van der Waals surface area contributed by atoms with Crippen LogP contribution in [0, 0.1) is 0 Å². The van der Waals surface area contributed by atoms with Crippen molar-refractivity contribution in [1.29, 1.82) is 0 Å². The van der Waals surface area contributed by atoms with Crippen molar-refractivity contribution in [3.63, 3.8) is 0 Å². The maximum atomic E-state index is 12.8. The summed E-state index contributed by atoms with van der Waals surface area (Å²) < 4.78 is 32.4. The van der Waals surface area contributed by atoms with Gasteiger partial charge in [0.1, 0.15) is 4.90 Å². The van der Waals surface area contributed by atoms with Crippen LogP contribution in [0.2, 0.25) is 10.0 Å². The third kappa shape index (κ3) is 3.70. The van der Waals surface area contributed by atoms with Crippen molar-refractivity contribution in [2.24, 2.45) is 0 Å². The number of halogens is 2. The number of ether oxygens (including phenoxy) is 1. The van der Waals surface area contributed by atoms with Gasteiger partial charge in [0.15, 0.2) is 0 Å². The van der Waals surface area contributed by atoms with Crippen LogP contribution in [0.15, 0.2) is 23.1 Å². The Labute approximate surface area is 134 Å². The highest BCUT2D eigenvalue weighted by molar-refractivity contribution is 7.89. The minimum atomic E-state index is -3.80. The fraction of sp³-hybridized carbons (Fsp3) is 0.538. The van der Waals surface area contributed by atoms with Gasteiger partial charge in [-0.15, -0.1) is 0 Å². The maximum Gasteiger partial charge on any atom is 0.244 e. The van der Waals surface area contributed by atoms with Gasteiger partial charge in [-0.2, -0.15) is 4.31 Å². The van der Waals surface area contributed by atoms with Crippen molar-refractivity contribution in [3.8, 4) is 0 Å². The lowest BCUT2D eigenvalue weighted by Gasteiger charge is -2.41. The SMILES string of the molecule is CC1(C)CN(S(=O)(=O)c2cc(Cl)ccc2Cl)CC(CO)O1. The van der Waals surface area contributed by atoms with Crippen LogP contribution in [0.25, 0.3) is 0 Å². The third-order valence-corrected chi connectivity index (χ3v) is 5.69. The number of nitrogens with zero attached hydrogens (tertiary/aromatic N) is 1. The van der Waals surface area contributed by atoms with Gasteiger partial charge in [-0.05, 0) is 32.0 Å². The number of benzene rings is 1. The Bertz CT molecular complexity index is 633. The lowest BCUT2D eigenvalue weighted by atomic mass is 10.1. The summed E-state index contributed by atoms with van der Waals surface area (Å²) in [5, 5.41) is 9.69. The Morgan fingerprint density at radius 2 is 2.10 bits per heavy atom. The second-order valence-electron chi connectivity index (χ2n) is 5.55. The minimum Gasteiger partial charge on any atom is -0.394 e. The summed E-state index contributed by atoms with van der Waals surface area (Å²) >= 11 is 11.9. The summed E-state index contributed by atoms with van der Waals surface area (Å²) in [5.74, 6) is 0. The van der Waals surface area contributed by atoms with Crippen molar-refractivity contribution >= 4 is 33.2 Å². The molecule has 21 heavy (non-hydrogen) atoms. The zero-order valence-electron chi connectivity index (χ0n) is 11.7. The quantitative estimate of drug-likeness (QED) is 0.903. The van der Waals surface area contributed by atoms with Gasteiger partial charge < -0.3 is 9.84 Å². The van der Waals surface area contributed by atoms with Crippen molar-refractivity contribution in [2.75, 3.05) is 19.7 Å². The normalized spacial score (nSPS) is 23.2. The molecule has 118 valence electrons. The number of hydrogen-bond acceptors (Lipinski definition) is 4. The first-order valence-electron chi connectivity index (χ1n) is 6.39. The van der Waals surface area contributed by atoms with E-state index in [0.717, 1.165) is 0 Å². The van der Waals surface area contributed by atoms with Gasteiger partial charge in [-0.3, -0.25) is 0 Å². The Morgan fingerprint density at radius 3 is 2.71 bits per heavy atom. The molecule has 1 atom stereocenters. The number of aliphatic hydroxyl groups is 1. The first-order valence-corrected chi connectivity index (χ1v) is 8.59. The van der Waals surface area contributed by atoms with E-state index in [1.165, 1.54) is 22.5 Å². The van der Waals surface area contributed by atoms with Crippen molar-refractivity contribution < 1.29 is 18.3 Å². The highest BCUT2D eigenvalue weighted by Gasteiger charge is 2.39. The summed E-state index contributed by atoms with van der Waals surface area (Å²) in [7, 11) is -3.80. The Morgan fingerprint density at radius 1 is 1.43 bits per heavy atom. The molecule has 1 aliphatic heterocycles. The maximum absolute atomic E-state index is 12.8. The second-order valence-corrected chi connectivity index (χ2v) is 8.30. The molecule has 0 spiro atoms. The molecule has 5 nitrogen and oxygen atoms in total. The smallest absolute Gasteiger partial charge is 0.244 e. The van der Waals surface area contributed by atoms with Gasteiger partial charge in [0.2, 0.25) is 10.0 Å². The van der Waals surface area contributed by atoms with Crippen molar-refractivity contribution in [3.05, 3.63) is 28.2 Å². The van der Waals surface area contributed by atoms with Crippen LogP contribution in [0.1, 0.15) is 13.8 Å². The van der Waals surface area contributed by atoms with E-state index < -0.39 is 21.7 Å². The van der Waals surface area contributed by atoms with E-state index in [4.69, 9.17) is 27.9 Å². The molecule has 8 heteroatoms. The highest BCUT2D eigenvalue weighted by Crippen LogP contribution is 2.31. The average molecular weight is 354 g/mol. The van der Waals surface area contributed by atoms with E-state index in [0.29, 0.717) is 5.02 Å². The lowest BCUT2D eigenvalue weighted by molar-refractivity contribution is -0.131. The predicted octanol–water partition coefficient (Wildman–Crippen LogP) is 2.15. The largest absolute Gasteiger partial charge is 0.394 e. The van der Waals surface area contributed by atoms with Crippen molar-refractivity contribution in [1.82, 2.24) is 4.31 Å². The van der Waals surface area contributed by atoms with Crippen LogP contribution < -0.4 is 0 Å². The third-order valence-electron chi connectivity index (χ3n) is 3.16. The molecule has 1 fully saturated rings. The molecule has 0 bridgehead atoms. The van der Waals surface area contributed by atoms with E-state index in [1.54, 1.807) is 13.8 Å². The topological polar surface area (TPSA) is 66.8 Å². The zero-order chi connectivity index (χ0) is 15.8. The van der Waals surface area contributed by atoms with Gasteiger partial charge in [0.05, 0.1) is 23.3 Å². The molecule has 2 rings (SSSR count). The first-order chi connectivity index (χ1) is 9.65. The van der Waals surface area contributed by atoms with E-state index in [9.17, 15) is 13.5 Å². The lowest BCUT2D eigenvalue weighted by Crippen LogP contribution is -2.55.